The summed E-state index contributed by atoms with van der Waals surface area (Å²) < 4.78 is 5.31. The third kappa shape index (κ3) is 6.82. The first-order chi connectivity index (χ1) is 11.7. The van der Waals surface area contributed by atoms with Gasteiger partial charge in [0, 0.05) is 32.5 Å². The minimum atomic E-state index is -0.918. The standard InChI is InChI=1S/C19H30N2O4/c1-6-25-11-7-10-21(13-14(2)18(23)24)17(22)16-9-8-15(12-20-16)19(3,4)5/h8-9,12,14H,6-7,10-11,13H2,1-5H3,(H,23,24). The number of carbonyl (C=O) groups is 2. The molecule has 1 atom stereocenters. The average molecular weight is 350 g/mol. The van der Waals surface area contributed by atoms with Gasteiger partial charge >= 0.3 is 5.97 Å². The number of nitrogens with zero attached hydrogens (tertiary/aromatic N) is 2. The lowest BCUT2D eigenvalue weighted by molar-refractivity contribution is -0.141. The van der Waals surface area contributed by atoms with Crippen LogP contribution >= 0.6 is 0 Å². The van der Waals surface area contributed by atoms with Crippen molar-refractivity contribution in [3.05, 3.63) is 29.6 Å². The van der Waals surface area contributed by atoms with Crippen molar-refractivity contribution in [2.24, 2.45) is 5.92 Å². The highest BCUT2D eigenvalue weighted by molar-refractivity contribution is 5.92. The Bertz CT molecular complexity index is 564. The van der Waals surface area contributed by atoms with E-state index in [4.69, 9.17) is 9.84 Å². The van der Waals surface area contributed by atoms with E-state index in [2.05, 4.69) is 25.8 Å². The van der Waals surface area contributed by atoms with Crippen LogP contribution in [0.1, 0.15) is 57.1 Å². The van der Waals surface area contributed by atoms with Crippen molar-refractivity contribution >= 4 is 11.9 Å². The number of aromatic nitrogens is 1. The summed E-state index contributed by atoms with van der Waals surface area (Å²) in [6, 6.07) is 3.61. The van der Waals surface area contributed by atoms with E-state index in [0.29, 0.717) is 31.9 Å². The van der Waals surface area contributed by atoms with Crippen molar-refractivity contribution < 1.29 is 19.4 Å². The van der Waals surface area contributed by atoms with Crippen molar-refractivity contribution in [2.75, 3.05) is 26.3 Å². The van der Waals surface area contributed by atoms with Gasteiger partial charge in [-0.15, -0.1) is 0 Å². The zero-order chi connectivity index (χ0) is 19.0. The molecule has 6 heteroatoms. The maximum Gasteiger partial charge on any atom is 0.308 e. The summed E-state index contributed by atoms with van der Waals surface area (Å²) in [5.41, 5.74) is 1.34. The average Bonchev–Trinajstić information content (AvgIpc) is 2.56. The molecule has 0 bridgehead atoms. The minimum Gasteiger partial charge on any atom is -0.481 e. The van der Waals surface area contributed by atoms with E-state index < -0.39 is 11.9 Å². The number of amides is 1. The Morgan fingerprint density at radius 3 is 2.48 bits per heavy atom. The molecule has 0 aromatic carbocycles. The number of hydrogen-bond acceptors (Lipinski definition) is 4. The van der Waals surface area contributed by atoms with Gasteiger partial charge in [-0.25, -0.2) is 0 Å². The zero-order valence-corrected chi connectivity index (χ0v) is 15.9. The molecule has 0 aliphatic rings. The summed E-state index contributed by atoms with van der Waals surface area (Å²) in [6.45, 7) is 11.5. The van der Waals surface area contributed by atoms with Gasteiger partial charge in [0.2, 0.25) is 0 Å². The number of carboxylic acids is 1. The van der Waals surface area contributed by atoms with Gasteiger partial charge in [0.05, 0.1) is 5.92 Å². The number of rotatable bonds is 9. The number of ether oxygens (including phenoxy) is 1. The minimum absolute atomic E-state index is 0.0381. The summed E-state index contributed by atoms with van der Waals surface area (Å²) in [6.07, 6.45) is 2.37. The number of carbonyl (C=O) groups excluding carboxylic acids is 1. The van der Waals surface area contributed by atoms with Crippen molar-refractivity contribution in [3.63, 3.8) is 0 Å². The molecule has 1 amide bonds. The van der Waals surface area contributed by atoms with Crippen LogP contribution < -0.4 is 0 Å². The quantitative estimate of drug-likeness (QED) is 0.693. The molecule has 1 aromatic heterocycles. The SMILES string of the molecule is CCOCCCN(CC(C)C(=O)O)C(=O)c1ccc(C(C)(C)C)cn1. The molecular formula is C19H30N2O4. The van der Waals surface area contributed by atoms with Gasteiger partial charge in [0.25, 0.3) is 5.91 Å². The Kier molecular flexibility index (Phi) is 8.03. The maximum absolute atomic E-state index is 12.8. The smallest absolute Gasteiger partial charge is 0.308 e. The summed E-state index contributed by atoms with van der Waals surface area (Å²) in [4.78, 5) is 29.7. The Labute approximate surface area is 150 Å². The largest absolute Gasteiger partial charge is 0.481 e. The maximum atomic E-state index is 12.8. The third-order valence-corrected chi connectivity index (χ3v) is 3.97. The lowest BCUT2D eigenvalue weighted by Crippen LogP contribution is -2.38. The zero-order valence-electron chi connectivity index (χ0n) is 15.9. The molecule has 1 unspecified atom stereocenters. The molecule has 1 N–H and O–H groups in total. The molecule has 1 rings (SSSR count). The summed E-state index contributed by atoms with van der Waals surface area (Å²) in [7, 11) is 0. The van der Waals surface area contributed by atoms with Gasteiger partial charge in [0.15, 0.2) is 0 Å². The summed E-state index contributed by atoms with van der Waals surface area (Å²) in [5, 5.41) is 9.14. The Hall–Kier alpha value is -1.95. The molecular weight excluding hydrogens is 320 g/mol. The highest BCUT2D eigenvalue weighted by Crippen LogP contribution is 2.21. The number of hydrogen-bond donors (Lipinski definition) is 1. The van der Waals surface area contributed by atoms with Crippen LogP contribution in [0.15, 0.2) is 18.3 Å². The van der Waals surface area contributed by atoms with Crippen LogP contribution in [0.3, 0.4) is 0 Å². The molecule has 0 radical (unpaired) electrons. The molecule has 6 nitrogen and oxygen atoms in total. The summed E-state index contributed by atoms with van der Waals surface area (Å²) in [5.74, 6) is -1.80. The van der Waals surface area contributed by atoms with Crippen molar-refractivity contribution in [1.29, 1.82) is 0 Å². The molecule has 0 fully saturated rings. The molecule has 0 saturated heterocycles. The molecule has 0 aliphatic carbocycles. The number of carboxylic acid groups (broad SMARTS) is 1. The van der Waals surface area contributed by atoms with Crippen LogP contribution in [-0.4, -0.2) is 53.2 Å². The molecule has 140 valence electrons. The van der Waals surface area contributed by atoms with Crippen LogP contribution in [0.5, 0.6) is 0 Å². The summed E-state index contributed by atoms with van der Waals surface area (Å²) >= 11 is 0. The first kappa shape index (κ1) is 21.1. The van der Waals surface area contributed by atoms with Crippen molar-refractivity contribution in [3.8, 4) is 0 Å². The van der Waals surface area contributed by atoms with Crippen molar-refractivity contribution in [1.82, 2.24) is 9.88 Å². The second-order valence-electron chi connectivity index (χ2n) is 7.22. The van der Waals surface area contributed by atoms with Crippen LogP contribution in [0.25, 0.3) is 0 Å². The van der Waals surface area contributed by atoms with E-state index in [-0.39, 0.29) is 17.9 Å². The molecule has 0 saturated carbocycles. The molecule has 0 aliphatic heterocycles. The van der Waals surface area contributed by atoms with E-state index in [1.165, 1.54) is 0 Å². The molecule has 1 aromatic rings. The number of pyridine rings is 1. The normalized spacial score (nSPS) is 12.7. The molecule has 1 heterocycles. The highest BCUT2D eigenvalue weighted by atomic mass is 16.5. The van der Waals surface area contributed by atoms with Crippen LogP contribution in [0.2, 0.25) is 0 Å². The van der Waals surface area contributed by atoms with Crippen molar-refractivity contribution in [2.45, 2.75) is 46.5 Å². The first-order valence-corrected chi connectivity index (χ1v) is 8.73. The third-order valence-electron chi connectivity index (χ3n) is 3.97. The Balaban J connectivity index is 2.87. The first-order valence-electron chi connectivity index (χ1n) is 8.73. The van der Waals surface area contributed by atoms with Gasteiger partial charge in [0.1, 0.15) is 5.69 Å². The van der Waals surface area contributed by atoms with E-state index in [1.807, 2.05) is 13.0 Å². The molecule has 0 spiro atoms. The van der Waals surface area contributed by atoms with Gasteiger partial charge in [-0.1, -0.05) is 33.8 Å². The van der Waals surface area contributed by atoms with E-state index in [0.717, 1.165) is 5.56 Å². The topological polar surface area (TPSA) is 79.7 Å². The Morgan fingerprint density at radius 1 is 1.32 bits per heavy atom. The van der Waals surface area contributed by atoms with Crippen LogP contribution in [0.4, 0.5) is 0 Å². The lowest BCUT2D eigenvalue weighted by Gasteiger charge is -2.25. The van der Waals surface area contributed by atoms with Gasteiger partial charge in [-0.05, 0) is 30.4 Å². The van der Waals surface area contributed by atoms with Gasteiger partial charge in [-0.3, -0.25) is 14.6 Å². The number of aliphatic carboxylic acids is 1. The lowest BCUT2D eigenvalue weighted by atomic mass is 9.88. The predicted octanol–water partition coefficient (Wildman–Crippen LogP) is 2.97. The fourth-order valence-electron chi connectivity index (χ4n) is 2.31. The van der Waals surface area contributed by atoms with Gasteiger partial charge in [-0.2, -0.15) is 0 Å². The monoisotopic (exact) mass is 350 g/mol. The van der Waals surface area contributed by atoms with E-state index >= 15 is 0 Å². The van der Waals surface area contributed by atoms with Gasteiger partial charge < -0.3 is 14.7 Å². The fraction of sp³-hybridized carbons (Fsp3) is 0.632. The second kappa shape index (κ2) is 9.51. The Morgan fingerprint density at radius 2 is 2.00 bits per heavy atom. The fourth-order valence-corrected chi connectivity index (χ4v) is 2.31. The molecule has 25 heavy (non-hydrogen) atoms. The van der Waals surface area contributed by atoms with Crippen LogP contribution in [0, 0.1) is 5.92 Å². The van der Waals surface area contributed by atoms with E-state index in [1.54, 1.807) is 24.1 Å². The van der Waals surface area contributed by atoms with Crippen LogP contribution in [-0.2, 0) is 14.9 Å². The second-order valence-corrected chi connectivity index (χ2v) is 7.22. The highest BCUT2D eigenvalue weighted by Gasteiger charge is 2.23. The predicted molar refractivity (Wildman–Crippen MR) is 96.8 cm³/mol. The van der Waals surface area contributed by atoms with E-state index in [9.17, 15) is 9.59 Å².